The molecule has 0 atom stereocenters. The summed E-state index contributed by atoms with van der Waals surface area (Å²) in [6.07, 6.45) is -14.0. The van der Waals surface area contributed by atoms with Gasteiger partial charge in [0.1, 0.15) is 0 Å². The van der Waals surface area contributed by atoms with Crippen molar-refractivity contribution in [2.45, 2.75) is 46.0 Å². The van der Waals surface area contributed by atoms with Gasteiger partial charge in [-0.05, 0) is 0 Å². The molecule has 0 heterocycles. The van der Waals surface area contributed by atoms with E-state index in [4.69, 9.17) is 5.63 Å². The first kappa shape index (κ1) is 29.6. The molecule has 0 radical (unpaired) electrons. The summed E-state index contributed by atoms with van der Waals surface area (Å²) in [6, 6.07) is 17.9. The summed E-state index contributed by atoms with van der Waals surface area (Å²) in [4.78, 5) is 25.9. The van der Waals surface area contributed by atoms with Crippen molar-refractivity contribution in [1.82, 2.24) is 0 Å². The van der Waals surface area contributed by atoms with Crippen LogP contribution in [0, 0.1) is 20.8 Å². The average Bonchev–Trinajstić information content (AvgIpc) is 2.77. The van der Waals surface area contributed by atoms with Gasteiger partial charge in [0.2, 0.25) is 0 Å². The Morgan fingerprint density at radius 3 is 1.00 bits per heavy atom. The Balaban J connectivity index is 2.52. The molecule has 0 unspecified atom stereocenters. The molecule has 3 aromatic rings. The van der Waals surface area contributed by atoms with E-state index in [1.807, 2.05) is 0 Å². The van der Waals surface area contributed by atoms with Gasteiger partial charge in [-0.25, -0.2) is 0 Å². The van der Waals surface area contributed by atoms with Crippen molar-refractivity contribution in [3.05, 3.63) is 89.5 Å². The number of hydrogen-bond donors (Lipinski definition) is 0. The maximum atomic E-state index is 13.3. The molecule has 0 aliphatic heterocycles. The first-order valence-electron chi connectivity index (χ1n) is 11.4. The number of carbonyl (C=O) groups excluding carboxylic acids is 2. The number of rotatable bonds is 7. The number of aryl methyl sites for hydroxylation is 3. The molecule has 0 N–H and O–H groups in total. The fourth-order valence-corrected chi connectivity index (χ4v) is 21.7. The van der Waals surface area contributed by atoms with Gasteiger partial charge in [-0.1, -0.05) is 0 Å². The van der Waals surface area contributed by atoms with E-state index in [0.717, 1.165) is 0 Å². The summed E-state index contributed by atoms with van der Waals surface area (Å²) >= 11 is -7.01. The van der Waals surface area contributed by atoms with Crippen LogP contribution in [0.15, 0.2) is 72.8 Å². The second kappa shape index (κ2) is 10.7. The van der Waals surface area contributed by atoms with Crippen molar-refractivity contribution < 1.29 is 41.6 Å². The number of carbonyl (C=O) groups is 2. The van der Waals surface area contributed by atoms with E-state index in [9.17, 15) is 35.9 Å². The van der Waals surface area contributed by atoms with Gasteiger partial charge in [-0.3, -0.25) is 0 Å². The average molecular weight is 736 g/mol. The fraction of sp³-hybridized carbons (Fsp3) is 0.259. The van der Waals surface area contributed by atoms with Gasteiger partial charge in [0.15, 0.2) is 0 Å². The molecule has 0 aliphatic carbocycles. The van der Waals surface area contributed by atoms with E-state index in [1.54, 1.807) is 57.2 Å². The van der Waals surface area contributed by atoms with E-state index in [2.05, 4.69) is 0 Å². The monoisotopic (exact) mass is 736 g/mol. The predicted octanol–water partition coefficient (Wildman–Crippen LogP) is 5.02. The second-order valence-corrected chi connectivity index (χ2v) is 23.9. The zero-order valence-electron chi connectivity index (χ0n) is 20.7. The van der Waals surface area contributed by atoms with E-state index < -0.39 is 56.8 Å². The molecule has 0 aromatic heterocycles. The molecule has 0 spiro atoms. The van der Waals surface area contributed by atoms with Crippen LogP contribution in [-0.4, -0.2) is 44.0 Å². The third kappa shape index (κ3) is 6.37. The van der Waals surface area contributed by atoms with Crippen LogP contribution in [-0.2, 0) is 15.2 Å². The molecule has 3 aromatic carbocycles. The first-order valence-corrected chi connectivity index (χ1v) is 19.4. The van der Waals surface area contributed by atoms with Crippen molar-refractivity contribution in [3.63, 3.8) is 0 Å². The molecule has 0 amide bonds. The van der Waals surface area contributed by atoms with E-state index in [1.165, 1.54) is 36.4 Å². The zero-order valence-corrected chi connectivity index (χ0v) is 24.2. The molecular weight excluding hydrogens is 711 g/mol. The van der Waals surface area contributed by atoms with Crippen LogP contribution in [0.5, 0.6) is 0 Å². The summed E-state index contributed by atoms with van der Waals surface area (Å²) in [5.41, 5.74) is 2.13. The summed E-state index contributed by atoms with van der Waals surface area (Å²) in [5.74, 6) is -3.54. The van der Waals surface area contributed by atoms with Gasteiger partial charge in [-0.15, -0.1) is 0 Å². The van der Waals surface area contributed by atoms with Crippen molar-refractivity contribution in [3.8, 4) is 0 Å². The Morgan fingerprint density at radius 1 is 0.553 bits per heavy atom. The fourth-order valence-electron chi connectivity index (χ4n) is 4.01. The Labute approximate surface area is 217 Å². The standard InChI is InChI=1S/3C7H7.2C3H3F3O2.Bi/c3*1-7-5-3-2-4-6-7;2*4-3(5,6)1-2(7)8;/h3*3-6H,1H3;2*1H2,(H,7,8);/q;;;;;+2/p-2. The van der Waals surface area contributed by atoms with Gasteiger partial charge < -0.3 is 0 Å². The van der Waals surface area contributed by atoms with Crippen LogP contribution in [0.1, 0.15) is 29.5 Å². The summed E-state index contributed by atoms with van der Waals surface area (Å²) in [6.45, 7) is 5.16. The van der Waals surface area contributed by atoms with Crippen LogP contribution < -0.4 is 9.81 Å². The quantitative estimate of drug-likeness (QED) is 0.253. The first-order chi connectivity index (χ1) is 17.5. The molecule has 38 heavy (non-hydrogen) atoms. The molecule has 11 heteroatoms. The summed E-state index contributed by atoms with van der Waals surface area (Å²) in [5, 5.41) is 0. The van der Waals surface area contributed by atoms with Gasteiger partial charge in [0.25, 0.3) is 0 Å². The normalized spacial score (nSPS) is 13.3. The van der Waals surface area contributed by atoms with Crippen LogP contribution in [0.25, 0.3) is 0 Å². The molecule has 3 rings (SSSR count). The van der Waals surface area contributed by atoms with Crippen LogP contribution >= 0.6 is 0 Å². The maximum absolute atomic E-state index is 13.3. The Bertz CT molecular complexity index is 1150. The molecule has 0 saturated heterocycles. The minimum absolute atomic E-state index is 0.0281. The molecule has 204 valence electrons. The van der Waals surface area contributed by atoms with Crippen LogP contribution in [0.2, 0.25) is 0 Å². The van der Waals surface area contributed by atoms with E-state index in [0.29, 0.717) is 16.7 Å². The molecule has 0 fully saturated rings. The van der Waals surface area contributed by atoms with Gasteiger partial charge in [0, 0.05) is 0 Å². The molecule has 0 saturated carbocycles. The summed E-state index contributed by atoms with van der Waals surface area (Å²) in [7, 11) is 0. The minimum atomic E-state index is -7.01. The SMILES string of the molecule is Cc1cc[c]([Bi]([O]C(=O)CC(F)(F)F)([O]C(=O)CC(F)(F)F)([c]2ccc(C)cc2)[c]2ccc(C)cc2)cc1. The Morgan fingerprint density at radius 2 is 0.789 bits per heavy atom. The predicted molar refractivity (Wildman–Crippen MR) is 132 cm³/mol. The molecule has 0 bridgehead atoms. The second-order valence-electron chi connectivity index (χ2n) is 8.97. The number of benzene rings is 3. The topological polar surface area (TPSA) is 52.6 Å². The van der Waals surface area contributed by atoms with Crippen molar-refractivity contribution in [1.29, 1.82) is 0 Å². The van der Waals surface area contributed by atoms with Gasteiger partial charge in [-0.2, -0.15) is 0 Å². The molecular formula is C27H25BiF6O4. The van der Waals surface area contributed by atoms with Crippen LogP contribution in [0.3, 0.4) is 0 Å². The van der Waals surface area contributed by atoms with Crippen molar-refractivity contribution in [2.24, 2.45) is 0 Å². The Hall–Kier alpha value is -2.94. The zero-order chi connectivity index (χ0) is 28.4. The summed E-state index contributed by atoms with van der Waals surface area (Å²) < 4.78 is 91.6. The number of hydrogen-bond acceptors (Lipinski definition) is 4. The number of alkyl halides is 6. The molecule has 0 aliphatic rings. The van der Waals surface area contributed by atoms with Crippen molar-refractivity contribution >= 4 is 41.4 Å². The van der Waals surface area contributed by atoms with Gasteiger partial charge in [0.05, 0.1) is 0 Å². The third-order valence-corrected chi connectivity index (χ3v) is 24.5. The van der Waals surface area contributed by atoms with Gasteiger partial charge >= 0.3 is 218 Å². The Kier molecular flexibility index (Phi) is 8.32. The van der Waals surface area contributed by atoms with E-state index >= 15 is 0 Å². The van der Waals surface area contributed by atoms with Crippen molar-refractivity contribution in [2.75, 3.05) is 0 Å². The number of halogens is 6. The van der Waals surface area contributed by atoms with E-state index in [-0.39, 0.29) is 9.81 Å². The molecule has 4 nitrogen and oxygen atoms in total. The van der Waals surface area contributed by atoms with Crippen LogP contribution in [0.4, 0.5) is 26.3 Å². The third-order valence-electron chi connectivity index (χ3n) is 5.75.